The summed E-state index contributed by atoms with van der Waals surface area (Å²) < 4.78 is 5.11. The molecule has 0 unspecified atom stereocenters. The normalized spacial score (nSPS) is 9.87. The lowest BCUT2D eigenvalue weighted by Crippen LogP contribution is -2.04. The molecule has 0 N–H and O–H groups in total. The number of aldehydes is 2. The zero-order chi connectivity index (χ0) is 11.6. The number of rotatable bonds is 3. The standard InChI is InChI=1S/C12H14O3/c1-7-8(2)10(5-13)12(15-4)11(6-14)9(7)3/h5-6H,1-4H3. The van der Waals surface area contributed by atoms with Crippen LogP contribution in [0.1, 0.15) is 37.4 Å². The van der Waals surface area contributed by atoms with Crippen molar-refractivity contribution in [2.75, 3.05) is 7.11 Å². The van der Waals surface area contributed by atoms with Gasteiger partial charge in [-0.2, -0.15) is 0 Å². The number of carbonyl (C=O) groups excluding carboxylic acids is 2. The fourth-order valence-electron chi connectivity index (χ4n) is 1.67. The summed E-state index contributed by atoms with van der Waals surface area (Å²) in [6, 6.07) is 0. The van der Waals surface area contributed by atoms with Crippen LogP contribution in [0, 0.1) is 20.8 Å². The molecule has 0 aliphatic carbocycles. The van der Waals surface area contributed by atoms with E-state index in [0.717, 1.165) is 29.3 Å². The fourth-order valence-corrected chi connectivity index (χ4v) is 1.67. The Morgan fingerprint density at radius 1 is 0.867 bits per heavy atom. The summed E-state index contributed by atoms with van der Waals surface area (Å²) in [4.78, 5) is 21.9. The third-order valence-electron chi connectivity index (χ3n) is 2.86. The fraction of sp³-hybridized carbons (Fsp3) is 0.333. The maximum atomic E-state index is 10.9. The van der Waals surface area contributed by atoms with Gasteiger partial charge in [0.25, 0.3) is 0 Å². The molecular formula is C12H14O3. The van der Waals surface area contributed by atoms with Crippen LogP contribution in [0.3, 0.4) is 0 Å². The van der Waals surface area contributed by atoms with Gasteiger partial charge in [-0.1, -0.05) is 0 Å². The molecule has 1 aromatic carbocycles. The van der Waals surface area contributed by atoms with Gasteiger partial charge in [0.2, 0.25) is 0 Å². The minimum Gasteiger partial charge on any atom is -0.495 e. The van der Waals surface area contributed by atoms with E-state index in [2.05, 4.69) is 0 Å². The molecule has 0 fully saturated rings. The second-order valence-corrected chi connectivity index (χ2v) is 3.47. The third-order valence-corrected chi connectivity index (χ3v) is 2.86. The monoisotopic (exact) mass is 206 g/mol. The van der Waals surface area contributed by atoms with E-state index in [4.69, 9.17) is 4.74 Å². The predicted molar refractivity (Wildman–Crippen MR) is 58.0 cm³/mol. The van der Waals surface area contributed by atoms with E-state index in [1.807, 2.05) is 20.8 Å². The van der Waals surface area contributed by atoms with Crippen molar-refractivity contribution in [3.05, 3.63) is 27.8 Å². The Balaban J connectivity index is 3.74. The maximum Gasteiger partial charge on any atom is 0.154 e. The number of ether oxygens (including phenoxy) is 1. The van der Waals surface area contributed by atoms with Gasteiger partial charge in [-0.15, -0.1) is 0 Å². The largest absolute Gasteiger partial charge is 0.495 e. The lowest BCUT2D eigenvalue weighted by Gasteiger charge is -2.15. The summed E-state index contributed by atoms with van der Waals surface area (Å²) >= 11 is 0. The van der Waals surface area contributed by atoms with Gasteiger partial charge in [-0.05, 0) is 37.5 Å². The highest BCUT2D eigenvalue weighted by Crippen LogP contribution is 2.30. The van der Waals surface area contributed by atoms with Crippen molar-refractivity contribution in [1.82, 2.24) is 0 Å². The summed E-state index contributed by atoms with van der Waals surface area (Å²) in [7, 11) is 1.46. The second-order valence-electron chi connectivity index (χ2n) is 3.47. The topological polar surface area (TPSA) is 43.4 Å². The van der Waals surface area contributed by atoms with Gasteiger partial charge in [-0.25, -0.2) is 0 Å². The van der Waals surface area contributed by atoms with Crippen LogP contribution in [0.15, 0.2) is 0 Å². The summed E-state index contributed by atoms with van der Waals surface area (Å²) in [5, 5.41) is 0. The van der Waals surface area contributed by atoms with Crippen molar-refractivity contribution in [3.8, 4) is 5.75 Å². The quantitative estimate of drug-likeness (QED) is 0.712. The first-order chi connectivity index (χ1) is 7.08. The summed E-state index contributed by atoms with van der Waals surface area (Å²) in [5.41, 5.74) is 3.61. The first-order valence-electron chi connectivity index (χ1n) is 4.66. The highest BCUT2D eigenvalue weighted by Gasteiger charge is 2.17. The van der Waals surface area contributed by atoms with Crippen LogP contribution in [0.5, 0.6) is 5.75 Å². The Bertz CT molecular complexity index is 384. The lowest BCUT2D eigenvalue weighted by atomic mass is 9.93. The average Bonchev–Trinajstić information content (AvgIpc) is 2.25. The van der Waals surface area contributed by atoms with Crippen LogP contribution in [-0.2, 0) is 0 Å². The van der Waals surface area contributed by atoms with Gasteiger partial charge >= 0.3 is 0 Å². The number of benzene rings is 1. The first kappa shape index (κ1) is 11.4. The molecule has 3 nitrogen and oxygen atoms in total. The molecule has 3 heteroatoms. The van der Waals surface area contributed by atoms with Gasteiger partial charge in [0.15, 0.2) is 12.6 Å². The van der Waals surface area contributed by atoms with Crippen molar-refractivity contribution >= 4 is 12.6 Å². The summed E-state index contributed by atoms with van der Waals surface area (Å²) in [6.07, 6.45) is 1.46. The molecule has 1 rings (SSSR count). The van der Waals surface area contributed by atoms with E-state index in [-0.39, 0.29) is 0 Å². The van der Waals surface area contributed by atoms with Crippen LogP contribution in [0.2, 0.25) is 0 Å². The molecule has 0 amide bonds. The van der Waals surface area contributed by atoms with Crippen LogP contribution in [-0.4, -0.2) is 19.7 Å². The van der Waals surface area contributed by atoms with Crippen LogP contribution < -0.4 is 4.74 Å². The van der Waals surface area contributed by atoms with Crippen molar-refractivity contribution in [2.45, 2.75) is 20.8 Å². The number of carbonyl (C=O) groups is 2. The predicted octanol–water partition coefficient (Wildman–Crippen LogP) is 2.25. The lowest BCUT2D eigenvalue weighted by molar-refractivity contribution is 0.111. The molecule has 0 heterocycles. The minimum absolute atomic E-state index is 0.376. The van der Waals surface area contributed by atoms with Crippen LogP contribution in [0.25, 0.3) is 0 Å². The SMILES string of the molecule is COc1c(C=O)c(C)c(C)c(C)c1C=O. The van der Waals surface area contributed by atoms with Crippen molar-refractivity contribution in [3.63, 3.8) is 0 Å². The molecule has 80 valence electrons. The summed E-state index contributed by atoms with van der Waals surface area (Å²) in [5.74, 6) is 0.376. The van der Waals surface area contributed by atoms with Crippen LogP contribution >= 0.6 is 0 Å². The van der Waals surface area contributed by atoms with E-state index in [9.17, 15) is 9.59 Å². The molecule has 0 aromatic heterocycles. The Hall–Kier alpha value is -1.64. The van der Waals surface area contributed by atoms with Gasteiger partial charge in [-0.3, -0.25) is 9.59 Å². The number of hydrogen-bond acceptors (Lipinski definition) is 3. The van der Waals surface area contributed by atoms with E-state index in [0.29, 0.717) is 16.9 Å². The Kier molecular flexibility index (Phi) is 3.24. The molecule has 0 spiro atoms. The van der Waals surface area contributed by atoms with Crippen molar-refractivity contribution in [1.29, 1.82) is 0 Å². The summed E-state index contributed by atoms with van der Waals surface area (Å²) in [6.45, 7) is 5.59. The Morgan fingerprint density at radius 2 is 1.27 bits per heavy atom. The molecule has 0 saturated carbocycles. The van der Waals surface area contributed by atoms with Gasteiger partial charge < -0.3 is 4.74 Å². The molecule has 0 bridgehead atoms. The van der Waals surface area contributed by atoms with E-state index >= 15 is 0 Å². The van der Waals surface area contributed by atoms with Gasteiger partial charge in [0, 0.05) is 0 Å². The van der Waals surface area contributed by atoms with Crippen LogP contribution in [0.4, 0.5) is 0 Å². The first-order valence-corrected chi connectivity index (χ1v) is 4.66. The molecule has 0 radical (unpaired) electrons. The molecule has 0 aliphatic heterocycles. The van der Waals surface area contributed by atoms with E-state index in [1.165, 1.54) is 7.11 Å². The maximum absolute atomic E-state index is 10.9. The Morgan fingerprint density at radius 3 is 1.53 bits per heavy atom. The molecule has 1 aromatic rings. The van der Waals surface area contributed by atoms with Crippen molar-refractivity contribution < 1.29 is 14.3 Å². The second kappa shape index (κ2) is 4.26. The molecule has 0 atom stereocenters. The minimum atomic E-state index is 0.376. The molecule has 0 saturated heterocycles. The van der Waals surface area contributed by atoms with E-state index < -0.39 is 0 Å². The van der Waals surface area contributed by atoms with Crippen molar-refractivity contribution in [2.24, 2.45) is 0 Å². The number of hydrogen-bond donors (Lipinski definition) is 0. The molecule has 15 heavy (non-hydrogen) atoms. The third kappa shape index (κ3) is 1.65. The highest BCUT2D eigenvalue weighted by atomic mass is 16.5. The van der Waals surface area contributed by atoms with Gasteiger partial charge in [0.05, 0.1) is 18.2 Å². The highest BCUT2D eigenvalue weighted by molar-refractivity contribution is 5.92. The number of methoxy groups -OCH3 is 1. The molecular weight excluding hydrogens is 192 g/mol. The average molecular weight is 206 g/mol. The van der Waals surface area contributed by atoms with E-state index in [1.54, 1.807) is 0 Å². The van der Waals surface area contributed by atoms with Gasteiger partial charge in [0.1, 0.15) is 5.75 Å². The zero-order valence-electron chi connectivity index (χ0n) is 9.38. The smallest absolute Gasteiger partial charge is 0.154 e. The molecule has 0 aliphatic rings. The Labute approximate surface area is 89.1 Å². The zero-order valence-corrected chi connectivity index (χ0v) is 9.38.